The Kier molecular flexibility index (Phi) is 4.66. The van der Waals surface area contributed by atoms with Gasteiger partial charge < -0.3 is 10.4 Å². The van der Waals surface area contributed by atoms with Crippen LogP contribution in [-0.4, -0.2) is 23.8 Å². The normalized spacial score (nSPS) is 26.6. The molecule has 2 aliphatic rings. The van der Waals surface area contributed by atoms with Gasteiger partial charge in [0.2, 0.25) is 0 Å². The molecule has 0 aromatic heterocycles. The van der Waals surface area contributed by atoms with E-state index in [2.05, 4.69) is 12.2 Å². The Hall–Kier alpha value is -0.0800. The van der Waals surface area contributed by atoms with Gasteiger partial charge in [-0.3, -0.25) is 0 Å². The lowest BCUT2D eigenvalue weighted by Gasteiger charge is -2.29. The topological polar surface area (TPSA) is 32.3 Å². The molecule has 16 heavy (non-hydrogen) atoms. The number of hydrogen-bond acceptors (Lipinski definition) is 2. The van der Waals surface area contributed by atoms with E-state index in [1.54, 1.807) is 0 Å². The molecule has 2 aliphatic carbocycles. The van der Waals surface area contributed by atoms with Crippen LogP contribution in [0.25, 0.3) is 0 Å². The van der Waals surface area contributed by atoms with E-state index in [-0.39, 0.29) is 6.10 Å². The second kappa shape index (κ2) is 6.02. The first kappa shape index (κ1) is 12.4. The fraction of sp³-hybridized carbons (Fsp3) is 1.00. The second-order valence-corrected chi connectivity index (χ2v) is 5.95. The summed E-state index contributed by atoms with van der Waals surface area (Å²) in [6, 6.07) is 0.585. The SMILES string of the molecule is CC(CC1CCC1)NCC(O)C1CCCC1. The molecule has 0 bridgehead atoms. The Balaban J connectivity index is 1.57. The highest BCUT2D eigenvalue weighted by Gasteiger charge is 2.24. The van der Waals surface area contributed by atoms with Crippen molar-refractivity contribution < 1.29 is 5.11 Å². The zero-order valence-electron chi connectivity index (χ0n) is 10.6. The minimum atomic E-state index is -0.105. The van der Waals surface area contributed by atoms with Crippen molar-refractivity contribution in [1.29, 1.82) is 0 Å². The predicted molar refractivity (Wildman–Crippen MR) is 67.4 cm³/mol. The fourth-order valence-corrected chi connectivity index (χ4v) is 3.14. The van der Waals surface area contributed by atoms with E-state index >= 15 is 0 Å². The third-order valence-electron chi connectivity index (χ3n) is 4.53. The summed E-state index contributed by atoms with van der Waals surface area (Å²) in [6.07, 6.45) is 10.6. The smallest absolute Gasteiger partial charge is 0.0692 e. The third-order valence-corrected chi connectivity index (χ3v) is 4.53. The summed E-state index contributed by atoms with van der Waals surface area (Å²) in [5.41, 5.74) is 0. The lowest BCUT2D eigenvalue weighted by atomic mass is 9.81. The van der Waals surface area contributed by atoms with Crippen molar-refractivity contribution in [2.75, 3.05) is 6.54 Å². The van der Waals surface area contributed by atoms with Crippen LogP contribution in [0.4, 0.5) is 0 Å². The van der Waals surface area contributed by atoms with E-state index in [1.165, 1.54) is 51.4 Å². The quantitative estimate of drug-likeness (QED) is 0.728. The van der Waals surface area contributed by atoms with Gasteiger partial charge in [0.05, 0.1) is 6.10 Å². The zero-order valence-corrected chi connectivity index (χ0v) is 10.6. The molecule has 0 spiro atoms. The molecule has 2 fully saturated rings. The van der Waals surface area contributed by atoms with Gasteiger partial charge in [-0.15, -0.1) is 0 Å². The summed E-state index contributed by atoms with van der Waals surface area (Å²) in [4.78, 5) is 0. The van der Waals surface area contributed by atoms with E-state index < -0.39 is 0 Å². The molecule has 2 nitrogen and oxygen atoms in total. The van der Waals surface area contributed by atoms with E-state index in [9.17, 15) is 5.11 Å². The van der Waals surface area contributed by atoms with Gasteiger partial charge in [0, 0.05) is 12.6 Å². The monoisotopic (exact) mass is 225 g/mol. The lowest BCUT2D eigenvalue weighted by Crippen LogP contribution is -2.38. The van der Waals surface area contributed by atoms with Crippen LogP contribution in [0.1, 0.15) is 58.3 Å². The molecule has 0 amide bonds. The van der Waals surface area contributed by atoms with E-state index in [0.29, 0.717) is 12.0 Å². The van der Waals surface area contributed by atoms with Crippen molar-refractivity contribution >= 4 is 0 Å². The van der Waals surface area contributed by atoms with E-state index in [0.717, 1.165) is 12.5 Å². The first-order valence-corrected chi connectivity index (χ1v) is 7.17. The van der Waals surface area contributed by atoms with Crippen LogP contribution < -0.4 is 5.32 Å². The summed E-state index contributed by atoms with van der Waals surface area (Å²) < 4.78 is 0. The van der Waals surface area contributed by atoms with Gasteiger partial charge in [0.15, 0.2) is 0 Å². The summed E-state index contributed by atoms with van der Waals surface area (Å²) in [7, 11) is 0. The van der Waals surface area contributed by atoms with Crippen molar-refractivity contribution in [3.63, 3.8) is 0 Å². The van der Waals surface area contributed by atoms with Crippen LogP contribution in [0.15, 0.2) is 0 Å². The van der Waals surface area contributed by atoms with Crippen molar-refractivity contribution in [2.45, 2.75) is 70.4 Å². The maximum Gasteiger partial charge on any atom is 0.0692 e. The van der Waals surface area contributed by atoms with Crippen molar-refractivity contribution in [2.24, 2.45) is 11.8 Å². The molecule has 0 aromatic rings. The van der Waals surface area contributed by atoms with Crippen molar-refractivity contribution in [3.8, 4) is 0 Å². The largest absolute Gasteiger partial charge is 0.392 e. The Bertz CT molecular complexity index is 197. The van der Waals surface area contributed by atoms with Gasteiger partial charge in [-0.1, -0.05) is 32.1 Å². The van der Waals surface area contributed by atoms with Crippen LogP contribution in [0, 0.1) is 11.8 Å². The van der Waals surface area contributed by atoms with Crippen LogP contribution in [-0.2, 0) is 0 Å². The fourth-order valence-electron chi connectivity index (χ4n) is 3.14. The summed E-state index contributed by atoms with van der Waals surface area (Å²) >= 11 is 0. The third kappa shape index (κ3) is 3.46. The van der Waals surface area contributed by atoms with Crippen LogP contribution >= 0.6 is 0 Å². The first-order valence-electron chi connectivity index (χ1n) is 7.17. The molecule has 0 heterocycles. The molecule has 0 saturated heterocycles. The predicted octanol–water partition coefficient (Wildman–Crippen LogP) is 2.71. The van der Waals surface area contributed by atoms with Crippen molar-refractivity contribution in [3.05, 3.63) is 0 Å². The first-order chi connectivity index (χ1) is 7.75. The molecule has 2 atom stereocenters. The van der Waals surface area contributed by atoms with Crippen LogP contribution in [0.3, 0.4) is 0 Å². The van der Waals surface area contributed by atoms with Gasteiger partial charge >= 0.3 is 0 Å². The molecule has 0 aliphatic heterocycles. The highest BCUT2D eigenvalue weighted by Crippen LogP contribution is 2.30. The molecule has 2 rings (SSSR count). The molecule has 0 radical (unpaired) electrons. The van der Waals surface area contributed by atoms with Crippen molar-refractivity contribution in [1.82, 2.24) is 5.32 Å². The van der Waals surface area contributed by atoms with Gasteiger partial charge in [0.25, 0.3) is 0 Å². The summed E-state index contributed by atoms with van der Waals surface area (Å²) in [6.45, 7) is 3.07. The number of rotatable bonds is 6. The maximum absolute atomic E-state index is 10.0. The summed E-state index contributed by atoms with van der Waals surface area (Å²) in [5.74, 6) is 1.54. The summed E-state index contributed by atoms with van der Waals surface area (Å²) in [5, 5.41) is 13.5. The molecule has 2 unspecified atom stereocenters. The number of hydrogen-bond donors (Lipinski definition) is 2. The van der Waals surface area contributed by atoms with E-state index in [1.807, 2.05) is 0 Å². The molecule has 2 heteroatoms. The Morgan fingerprint density at radius 2 is 1.81 bits per heavy atom. The van der Waals surface area contributed by atoms with Gasteiger partial charge in [-0.25, -0.2) is 0 Å². The number of nitrogens with one attached hydrogen (secondary N) is 1. The molecular weight excluding hydrogens is 198 g/mol. The lowest BCUT2D eigenvalue weighted by molar-refractivity contribution is 0.104. The minimum Gasteiger partial charge on any atom is -0.392 e. The zero-order chi connectivity index (χ0) is 11.4. The highest BCUT2D eigenvalue weighted by atomic mass is 16.3. The maximum atomic E-state index is 10.0. The number of aliphatic hydroxyl groups is 1. The van der Waals surface area contributed by atoms with Crippen LogP contribution in [0.5, 0.6) is 0 Å². The molecular formula is C14H27NO. The Morgan fingerprint density at radius 1 is 1.12 bits per heavy atom. The standard InChI is InChI=1S/C14H27NO/c1-11(9-12-5-4-6-12)15-10-14(16)13-7-2-3-8-13/h11-16H,2-10H2,1H3. The average Bonchev–Trinajstić information content (AvgIpc) is 2.73. The van der Waals surface area contributed by atoms with Crippen LogP contribution in [0.2, 0.25) is 0 Å². The highest BCUT2D eigenvalue weighted by molar-refractivity contribution is 4.79. The van der Waals surface area contributed by atoms with E-state index in [4.69, 9.17) is 0 Å². The number of aliphatic hydroxyl groups excluding tert-OH is 1. The molecule has 0 aromatic carbocycles. The minimum absolute atomic E-state index is 0.105. The Labute approximate surface area is 99.8 Å². The Morgan fingerprint density at radius 3 is 2.38 bits per heavy atom. The molecule has 2 saturated carbocycles. The molecule has 94 valence electrons. The van der Waals surface area contributed by atoms with Gasteiger partial charge in [-0.2, -0.15) is 0 Å². The average molecular weight is 225 g/mol. The van der Waals surface area contributed by atoms with Gasteiger partial charge in [0.1, 0.15) is 0 Å². The molecule has 2 N–H and O–H groups in total. The second-order valence-electron chi connectivity index (χ2n) is 5.95. The van der Waals surface area contributed by atoms with Gasteiger partial charge in [-0.05, 0) is 38.0 Å².